The Kier molecular flexibility index (Phi) is 4.90. The number of rotatable bonds is 5. The number of aliphatic hydroxyl groups is 1. The molecular weight excluding hydrogens is 228 g/mol. The van der Waals surface area contributed by atoms with Gasteiger partial charge in [0.2, 0.25) is 0 Å². The van der Waals surface area contributed by atoms with Gasteiger partial charge in [0.25, 0.3) is 0 Å². The fraction of sp³-hybridized carbons (Fsp3) is 0.692. The summed E-state index contributed by atoms with van der Waals surface area (Å²) in [4.78, 5) is 10.9. The Morgan fingerprint density at radius 2 is 1.89 bits per heavy atom. The van der Waals surface area contributed by atoms with E-state index in [1.165, 1.54) is 0 Å². The van der Waals surface area contributed by atoms with Crippen LogP contribution in [-0.4, -0.2) is 34.8 Å². The average Bonchev–Trinajstić information content (AvgIpc) is 2.29. The molecule has 0 fully saturated rings. The minimum Gasteiger partial charge on any atom is -0.393 e. The quantitative estimate of drug-likeness (QED) is 0.834. The van der Waals surface area contributed by atoms with Crippen molar-refractivity contribution in [3.63, 3.8) is 0 Å². The van der Waals surface area contributed by atoms with Gasteiger partial charge >= 0.3 is 0 Å². The molecule has 1 aromatic heterocycles. The summed E-state index contributed by atoms with van der Waals surface area (Å²) < 4.78 is 0. The van der Waals surface area contributed by atoms with E-state index in [0.717, 1.165) is 23.8 Å². The van der Waals surface area contributed by atoms with Gasteiger partial charge < -0.3 is 15.7 Å². The third-order valence-electron chi connectivity index (χ3n) is 2.94. The first-order valence-electron chi connectivity index (χ1n) is 6.36. The molecule has 0 aliphatic rings. The zero-order valence-corrected chi connectivity index (χ0v) is 11.9. The summed E-state index contributed by atoms with van der Waals surface area (Å²) in [5.41, 5.74) is 6.82. The van der Waals surface area contributed by atoms with Crippen LogP contribution in [0.1, 0.15) is 44.5 Å². The number of nitrogens with zero attached hydrogens (tertiary/aromatic N) is 3. The van der Waals surface area contributed by atoms with Crippen molar-refractivity contribution in [2.24, 2.45) is 0 Å². The van der Waals surface area contributed by atoms with E-state index >= 15 is 0 Å². The third-order valence-corrected chi connectivity index (χ3v) is 2.94. The highest BCUT2D eigenvalue weighted by Gasteiger charge is 2.14. The number of nitrogens with two attached hydrogens (primary N) is 1. The normalized spacial score (nSPS) is 12.8. The van der Waals surface area contributed by atoms with Crippen LogP contribution in [0.4, 0.5) is 11.6 Å². The Labute approximate surface area is 109 Å². The van der Waals surface area contributed by atoms with E-state index in [4.69, 9.17) is 5.73 Å². The largest absolute Gasteiger partial charge is 0.393 e. The van der Waals surface area contributed by atoms with Crippen molar-refractivity contribution in [3.8, 4) is 0 Å². The van der Waals surface area contributed by atoms with Crippen LogP contribution in [0.2, 0.25) is 0 Å². The van der Waals surface area contributed by atoms with Crippen LogP contribution in [0, 0.1) is 6.92 Å². The van der Waals surface area contributed by atoms with Gasteiger partial charge in [0.05, 0.1) is 6.10 Å². The highest BCUT2D eigenvalue weighted by atomic mass is 16.3. The number of hydrogen-bond donors (Lipinski definition) is 2. The van der Waals surface area contributed by atoms with Gasteiger partial charge in [-0.2, -0.15) is 0 Å². The lowest BCUT2D eigenvalue weighted by molar-refractivity contribution is 0.187. The second-order valence-electron chi connectivity index (χ2n) is 5.13. The molecule has 18 heavy (non-hydrogen) atoms. The predicted octanol–water partition coefficient (Wildman–Crippen LogP) is 1.70. The van der Waals surface area contributed by atoms with Gasteiger partial charge in [-0.3, -0.25) is 0 Å². The van der Waals surface area contributed by atoms with E-state index in [1.807, 2.05) is 32.7 Å². The smallest absolute Gasteiger partial charge is 0.137 e. The predicted molar refractivity (Wildman–Crippen MR) is 74.8 cm³/mol. The molecule has 1 rings (SSSR count). The minimum atomic E-state index is -0.309. The Morgan fingerprint density at radius 3 is 2.39 bits per heavy atom. The van der Waals surface area contributed by atoms with Gasteiger partial charge in [-0.05, 0) is 20.3 Å². The Balaban J connectivity index is 2.99. The molecule has 1 aromatic rings. The topological polar surface area (TPSA) is 75.3 Å². The average molecular weight is 252 g/mol. The van der Waals surface area contributed by atoms with Crippen molar-refractivity contribution >= 4 is 11.6 Å². The Bertz CT molecular complexity index is 404. The lowest BCUT2D eigenvalue weighted by atomic mass is 10.2. The molecule has 0 amide bonds. The summed E-state index contributed by atoms with van der Waals surface area (Å²) in [6, 6.07) is 0. The van der Waals surface area contributed by atoms with Crippen molar-refractivity contribution in [2.75, 3.05) is 24.2 Å². The fourth-order valence-electron chi connectivity index (χ4n) is 1.66. The molecule has 102 valence electrons. The molecule has 1 heterocycles. The van der Waals surface area contributed by atoms with Gasteiger partial charge in [-0.1, -0.05) is 13.8 Å². The lowest BCUT2D eigenvalue weighted by Gasteiger charge is -2.22. The standard InChI is InChI=1S/C13H24N4O/c1-8(2)12-15-11(14)10(4)13(16-12)17(5)7-6-9(3)18/h8-9,18H,6-7H2,1-5H3,(H2,14,15,16). The number of nitrogen functional groups attached to an aromatic ring is 1. The second-order valence-corrected chi connectivity index (χ2v) is 5.13. The molecule has 0 aliphatic carbocycles. The summed E-state index contributed by atoms with van der Waals surface area (Å²) in [5, 5.41) is 9.33. The maximum Gasteiger partial charge on any atom is 0.137 e. The molecule has 0 aromatic carbocycles. The first-order chi connectivity index (χ1) is 8.32. The van der Waals surface area contributed by atoms with Crippen LogP contribution in [0.3, 0.4) is 0 Å². The maximum atomic E-state index is 9.33. The number of hydrogen-bond acceptors (Lipinski definition) is 5. The zero-order chi connectivity index (χ0) is 13.9. The molecule has 5 heteroatoms. The Hall–Kier alpha value is -1.36. The number of anilines is 2. The summed E-state index contributed by atoms with van der Waals surface area (Å²) in [6.45, 7) is 8.54. The van der Waals surface area contributed by atoms with Crippen LogP contribution in [-0.2, 0) is 0 Å². The summed E-state index contributed by atoms with van der Waals surface area (Å²) in [6.07, 6.45) is 0.396. The van der Waals surface area contributed by atoms with Crippen LogP contribution in [0.25, 0.3) is 0 Å². The molecule has 3 N–H and O–H groups in total. The van der Waals surface area contributed by atoms with E-state index in [0.29, 0.717) is 12.2 Å². The molecule has 0 aliphatic heterocycles. The summed E-state index contributed by atoms with van der Waals surface area (Å²) in [5.74, 6) is 2.40. The molecule has 5 nitrogen and oxygen atoms in total. The van der Waals surface area contributed by atoms with Gasteiger partial charge in [0.1, 0.15) is 17.5 Å². The first kappa shape index (κ1) is 14.7. The molecule has 0 saturated heterocycles. The van der Waals surface area contributed by atoms with Crippen molar-refractivity contribution < 1.29 is 5.11 Å². The molecular formula is C13H24N4O. The Morgan fingerprint density at radius 1 is 1.28 bits per heavy atom. The molecule has 1 unspecified atom stereocenters. The monoisotopic (exact) mass is 252 g/mol. The molecule has 0 saturated carbocycles. The van der Waals surface area contributed by atoms with Gasteiger partial charge in [-0.25, -0.2) is 9.97 Å². The summed E-state index contributed by atoms with van der Waals surface area (Å²) in [7, 11) is 1.96. The van der Waals surface area contributed by atoms with Crippen molar-refractivity contribution in [3.05, 3.63) is 11.4 Å². The first-order valence-corrected chi connectivity index (χ1v) is 6.36. The number of aliphatic hydroxyl groups excluding tert-OH is 1. The lowest BCUT2D eigenvalue weighted by Crippen LogP contribution is -2.25. The van der Waals surface area contributed by atoms with Gasteiger partial charge in [-0.15, -0.1) is 0 Å². The van der Waals surface area contributed by atoms with E-state index in [-0.39, 0.29) is 12.0 Å². The van der Waals surface area contributed by atoms with Crippen molar-refractivity contribution in [1.82, 2.24) is 9.97 Å². The van der Waals surface area contributed by atoms with Crippen molar-refractivity contribution in [1.29, 1.82) is 0 Å². The maximum absolute atomic E-state index is 9.33. The SMILES string of the molecule is Cc1c(N)nc(C(C)C)nc1N(C)CCC(C)O. The van der Waals surface area contributed by atoms with Gasteiger partial charge in [0, 0.05) is 25.1 Å². The van der Waals surface area contributed by atoms with Crippen LogP contribution in [0.5, 0.6) is 0 Å². The fourth-order valence-corrected chi connectivity index (χ4v) is 1.66. The van der Waals surface area contributed by atoms with Crippen molar-refractivity contribution in [2.45, 2.75) is 46.1 Å². The molecule has 0 bridgehead atoms. The third kappa shape index (κ3) is 3.57. The van der Waals surface area contributed by atoms with E-state index in [2.05, 4.69) is 9.97 Å². The highest BCUT2D eigenvalue weighted by molar-refractivity contribution is 5.56. The zero-order valence-electron chi connectivity index (χ0n) is 11.9. The van der Waals surface area contributed by atoms with Crippen LogP contribution < -0.4 is 10.6 Å². The van der Waals surface area contributed by atoms with E-state index < -0.39 is 0 Å². The second kappa shape index (κ2) is 6.00. The summed E-state index contributed by atoms with van der Waals surface area (Å²) >= 11 is 0. The molecule has 1 atom stereocenters. The molecule has 0 radical (unpaired) electrons. The highest BCUT2D eigenvalue weighted by Crippen LogP contribution is 2.23. The van der Waals surface area contributed by atoms with E-state index in [9.17, 15) is 5.11 Å². The van der Waals surface area contributed by atoms with E-state index in [1.54, 1.807) is 6.92 Å². The minimum absolute atomic E-state index is 0.247. The van der Waals surface area contributed by atoms with Crippen LogP contribution >= 0.6 is 0 Å². The van der Waals surface area contributed by atoms with Crippen LogP contribution in [0.15, 0.2) is 0 Å². The van der Waals surface area contributed by atoms with Gasteiger partial charge in [0.15, 0.2) is 0 Å². The molecule has 0 spiro atoms. The number of aromatic nitrogens is 2.